The van der Waals surface area contributed by atoms with E-state index in [2.05, 4.69) is 0 Å². The van der Waals surface area contributed by atoms with Crippen LogP contribution in [0.2, 0.25) is 0 Å². The number of hydrogen-bond acceptors (Lipinski definition) is 8. The number of aryl methyl sites for hydroxylation is 2. The minimum absolute atomic E-state index is 0.0263. The zero-order chi connectivity index (χ0) is 25.5. The van der Waals surface area contributed by atoms with Gasteiger partial charge in [0.05, 0.1) is 19.3 Å². The number of cyclic esters (lactones) is 1. The summed E-state index contributed by atoms with van der Waals surface area (Å²) in [6, 6.07) is 8.93. The molecule has 1 aliphatic rings. The number of nitrogens with zero attached hydrogens (tertiary/aromatic N) is 1. The second-order valence-corrected chi connectivity index (χ2v) is 8.83. The van der Waals surface area contributed by atoms with Crippen LogP contribution >= 0.6 is 0 Å². The quantitative estimate of drug-likeness (QED) is 0.275. The number of benzene rings is 1. The lowest BCUT2D eigenvalue weighted by Crippen LogP contribution is -2.49. The Hall–Kier alpha value is -3.01. The van der Waals surface area contributed by atoms with Crippen LogP contribution in [0.5, 0.6) is 0 Å². The van der Waals surface area contributed by atoms with Gasteiger partial charge in [0.25, 0.3) is 5.91 Å². The normalized spacial score (nSPS) is 16.6. The molecule has 2 amide bonds. The van der Waals surface area contributed by atoms with E-state index in [0.717, 1.165) is 21.6 Å². The highest BCUT2D eigenvalue weighted by atomic mass is 16.6. The molecule has 1 N–H and O–H groups in total. The number of rotatable bonds is 12. The zero-order valence-corrected chi connectivity index (χ0v) is 20.6. The third-order valence-electron chi connectivity index (χ3n) is 5.92. The first kappa shape index (κ1) is 26.6. The number of aliphatic hydroxyl groups is 1. The van der Waals surface area contributed by atoms with Gasteiger partial charge >= 0.3 is 6.09 Å². The van der Waals surface area contributed by atoms with E-state index >= 15 is 0 Å². The minimum Gasteiger partial charge on any atom is -0.457 e. The van der Waals surface area contributed by atoms with Crippen molar-refractivity contribution in [1.29, 1.82) is 0 Å². The fourth-order valence-corrected chi connectivity index (χ4v) is 4.05. The Kier molecular flexibility index (Phi) is 9.20. The number of carbonyl (C=O) groups is 3. The van der Waals surface area contributed by atoms with Crippen molar-refractivity contribution < 1.29 is 38.1 Å². The predicted octanol–water partition coefficient (Wildman–Crippen LogP) is 3.40. The van der Waals surface area contributed by atoms with Crippen molar-refractivity contribution in [2.75, 3.05) is 33.5 Å². The Morgan fingerprint density at radius 1 is 1.23 bits per heavy atom. The number of methoxy groups -OCH3 is 1. The van der Waals surface area contributed by atoms with Gasteiger partial charge in [-0.25, -0.2) is 9.69 Å². The molecule has 1 aliphatic heterocycles. The summed E-state index contributed by atoms with van der Waals surface area (Å²) in [6.45, 7) is 6.40. The van der Waals surface area contributed by atoms with E-state index < -0.39 is 29.9 Å². The molecule has 9 nitrogen and oxygen atoms in total. The maximum absolute atomic E-state index is 13.4. The van der Waals surface area contributed by atoms with Gasteiger partial charge < -0.3 is 23.7 Å². The highest BCUT2D eigenvalue weighted by molar-refractivity contribution is 6.14. The monoisotopic (exact) mass is 487 g/mol. The zero-order valence-electron chi connectivity index (χ0n) is 20.6. The summed E-state index contributed by atoms with van der Waals surface area (Å²) in [5, 5.41) is 8.87. The first-order valence-electron chi connectivity index (χ1n) is 11.7. The number of carbonyl (C=O) groups excluding carboxylic acids is 3. The van der Waals surface area contributed by atoms with E-state index in [4.69, 9.17) is 23.7 Å². The number of aliphatic hydroxyl groups excluding tert-OH is 1. The lowest BCUT2D eigenvalue weighted by Gasteiger charge is -2.25. The molecule has 2 aromatic rings. The molecule has 190 valence electrons. The summed E-state index contributed by atoms with van der Waals surface area (Å²) in [7, 11) is 1.25. The van der Waals surface area contributed by atoms with E-state index in [0.29, 0.717) is 25.2 Å². The molecular weight excluding hydrogens is 454 g/mol. The molecule has 2 atom stereocenters. The van der Waals surface area contributed by atoms with Gasteiger partial charge in [-0.1, -0.05) is 43.7 Å². The third kappa shape index (κ3) is 6.17. The number of ether oxygens (including phenoxy) is 3. The van der Waals surface area contributed by atoms with Gasteiger partial charge in [0, 0.05) is 25.7 Å². The summed E-state index contributed by atoms with van der Waals surface area (Å²) in [5.74, 6) is -0.937. The van der Waals surface area contributed by atoms with E-state index in [1.54, 1.807) is 6.07 Å². The maximum Gasteiger partial charge on any atom is 0.417 e. The van der Waals surface area contributed by atoms with E-state index in [-0.39, 0.29) is 31.5 Å². The molecule has 1 aromatic carbocycles. The van der Waals surface area contributed by atoms with Gasteiger partial charge in [-0.15, -0.1) is 0 Å². The number of Topliss-reactive ketones (excluding diaryl/α,β-unsaturated/α-hetero) is 1. The lowest BCUT2D eigenvalue weighted by atomic mass is 10.0. The van der Waals surface area contributed by atoms with Crippen molar-refractivity contribution in [3.05, 3.63) is 47.4 Å². The summed E-state index contributed by atoms with van der Waals surface area (Å²) >= 11 is 0. The first-order valence-corrected chi connectivity index (χ1v) is 11.7. The standard InChI is InChI=1S/C26H33NO8/c1-16(2)20-15-34-26(31)27(20)25(30)24(32-4)23(29)22-14-19(18-8-5-7-17(3)13-18)21(35-22)9-6-11-33-12-10-28/h5,7-8,13-14,16,20,24,28H,6,9-12,15H2,1-4H3/t20-,24+/m0/s1. The van der Waals surface area contributed by atoms with Gasteiger partial charge in [0.15, 0.2) is 5.76 Å². The SMILES string of the molecule is CO[C@H](C(=O)c1cc(-c2cccc(C)c2)c(CCCOCCO)o1)C(=O)N1C(=O)OC[C@H]1C(C)C. The van der Waals surface area contributed by atoms with Crippen molar-refractivity contribution in [2.45, 2.75) is 45.8 Å². The molecule has 1 aromatic heterocycles. The Morgan fingerprint density at radius 3 is 2.66 bits per heavy atom. The summed E-state index contributed by atoms with van der Waals surface area (Å²) in [6.07, 6.45) is -1.23. The minimum atomic E-state index is -1.54. The Labute approximate surface area is 204 Å². The number of imide groups is 1. The van der Waals surface area contributed by atoms with Crippen LogP contribution in [0.3, 0.4) is 0 Å². The molecule has 9 heteroatoms. The fraction of sp³-hybridized carbons (Fsp3) is 0.500. The Morgan fingerprint density at radius 2 is 2.00 bits per heavy atom. The molecule has 0 bridgehead atoms. The Balaban J connectivity index is 1.88. The highest BCUT2D eigenvalue weighted by Crippen LogP contribution is 2.31. The Bertz CT molecular complexity index is 1040. The molecule has 2 heterocycles. The number of furan rings is 1. The van der Waals surface area contributed by atoms with Crippen LogP contribution in [0, 0.1) is 12.8 Å². The van der Waals surface area contributed by atoms with Gasteiger partial charge in [-0.3, -0.25) is 9.59 Å². The number of amides is 2. The van der Waals surface area contributed by atoms with Gasteiger partial charge in [-0.2, -0.15) is 0 Å². The van der Waals surface area contributed by atoms with Crippen LogP contribution in [0.1, 0.15) is 42.1 Å². The summed E-state index contributed by atoms with van der Waals surface area (Å²) in [4.78, 5) is 39.8. The van der Waals surface area contributed by atoms with Crippen LogP contribution < -0.4 is 0 Å². The molecule has 1 saturated heterocycles. The third-order valence-corrected chi connectivity index (χ3v) is 5.92. The summed E-state index contributed by atoms with van der Waals surface area (Å²) in [5.41, 5.74) is 2.66. The fourth-order valence-electron chi connectivity index (χ4n) is 4.05. The number of hydrogen-bond donors (Lipinski definition) is 1. The average molecular weight is 488 g/mol. The van der Waals surface area contributed by atoms with Crippen molar-refractivity contribution in [3.63, 3.8) is 0 Å². The van der Waals surface area contributed by atoms with Crippen LogP contribution in [0.25, 0.3) is 11.1 Å². The molecule has 0 radical (unpaired) electrons. The van der Waals surface area contributed by atoms with Gasteiger partial charge in [0.1, 0.15) is 12.4 Å². The number of ketones is 1. The molecule has 3 rings (SSSR count). The molecule has 1 fully saturated rings. The highest BCUT2D eigenvalue weighted by Gasteiger charge is 2.45. The molecule has 0 spiro atoms. The van der Waals surface area contributed by atoms with E-state index in [1.165, 1.54) is 7.11 Å². The van der Waals surface area contributed by atoms with Crippen molar-refractivity contribution >= 4 is 17.8 Å². The molecule has 0 unspecified atom stereocenters. The van der Waals surface area contributed by atoms with Crippen LogP contribution in [0.4, 0.5) is 4.79 Å². The van der Waals surface area contributed by atoms with Crippen molar-refractivity contribution in [1.82, 2.24) is 4.90 Å². The van der Waals surface area contributed by atoms with E-state index in [1.807, 2.05) is 45.0 Å². The maximum atomic E-state index is 13.4. The van der Waals surface area contributed by atoms with Crippen LogP contribution in [-0.2, 0) is 25.4 Å². The molecular formula is C26H33NO8. The van der Waals surface area contributed by atoms with E-state index in [9.17, 15) is 14.4 Å². The second-order valence-electron chi connectivity index (χ2n) is 8.83. The average Bonchev–Trinajstić information content (AvgIpc) is 3.43. The van der Waals surface area contributed by atoms with Crippen LogP contribution in [0.15, 0.2) is 34.7 Å². The van der Waals surface area contributed by atoms with Gasteiger partial charge in [-0.05, 0) is 30.9 Å². The van der Waals surface area contributed by atoms with Gasteiger partial charge in [0.2, 0.25) is 11.9 Å². The van der Waals surface area contributed by atoms with Crippen molar-refractivity contribution in [3.8, 4) is 11.1 Å². The first-order chi connectivity index (χ1) is 16.8. The summed E-state index contributed by atoms with van der Waals surface area (Å²) < 4.78 is 21.6. The largest absolute Gasteiger partial charge is 0.457 e. The molecule has 0 aliphatic carbocycles. The predicted molar refractivity (Wildman–Crippen MR) is 127 cm³/mol. The molecule has 35 heavy (non-hydrogen) atoms. The topological polar surface area (TPSA) is 116 Å². The lowest BCUT2D eigenvalue weighted by molar-refractivity contribution is -0.137. The van der Waals surface area contributed by atoms with Crippen molar-refractivity contribution in [2.24, 2.45) is 5.92 Å². The second kappa shape index (κ2) is 12.1. The smallest absolute Gasteiger partial charge is 0.417 e. The van der Waals surface area contributed by atoms with Crippen LogP contribution in [-0.4, -0.2) is 73.5 Å². The molecule has 0 saturated carbocycles.